The van der Waals surface area contributed by atoms with Crippen molar-refractivity contribution < 1.29 is 33.8 Å². The van der Waals surface area contributed by atoms with Crippen LogP contribution in [0.25, 0.3) is 0 Å². The van der Waals surface area contributed by atoms with Gasteiger partial charge in [-0.1, -0.05) is 6.07 Å². The fraction of sp³-hybridized carbons (Fsp3) is 0.655. The number of ether oxygens (including phenoxy) is 1. The number of nitrogens with zero attached hydrogens (tertiary/aromatic N) is 1. The van der Waals surface area contributed by atoms with Gasteiger partial charge in [-0.15, -0.1) is 0 Å². The summed E-state index contributed by atoms with van der Waals surface area (Å²) < 4.78 is 5.71. The van der Waals surface area contributed by atoms with Crippen molar-refractivity contribution in [3.63, 3.8) is 0 Å². The van der Waals surface area contributed by atoms with E-state index in [1.807, 2.05) is 12.3 Å². The van der Waals surface area contributed by atoms with Gasteiger partial charge in [-0.2, -0.15) is 0 Å². The lowest BCUT2D eigenvalue weighted by Gasteiger charge is -2.31. The van der Waals surface area contributed by atoms with E-state index in [2.05, 4.69) is 32.3 Å². The van der Waals surface area contributed by atoms with Crippen LogP contribution < -0.4 is 21.3 Å². The predicted molar refractivity (Wildman–Crippen MR) is 147 cm³/mol. The molecule has 4 aliphatic rings. The molecular formula is C29H41N5O7. The summed E-state index contributed by atoms with van der Waals surface area (Å²) in [6.45, 7) is -0.881. The Morgan fingerprint density at radius 3 is 2.29 bits per heavy atom. The van der Waals surface area contributed by atoms with Gasteiger partial charge in [0, 0.05) is 12.4 Å². The van der Waals surface area contributed by atoms with Gasteiger partial charge in [0.1, 0.15) is 18.7 Å². The van der Waals surface area contributed by atoms with E-state index in [-0.39, 0.29) is 37.5 Å². The number of amides is 4. The molecule has 2 aliphatic carbocycles. The molecule has 1 aromatic heterocycles. The van der Waals surface area contributed by atoms with Gasteiger partial charge in [-0.25, -0.2) is 4.79 Å². The quantitative estimate of drug-likeness (QED) is 0.333. The predicted octanol–water partition coefficient (Wildman–Crippen LogP) is 1.01. The highest BCUT2D eigenvalue weighted by molar-refractivity contribution is 5.92. The number of hydrogen-bond acceptors (Lipinski definition) is 7. The topological polar surface area (TPSA) is 176 Å². The van der Waals surface area contributed by atoms with Gasteiger partial charge in [-0.3, -0.25) is 24.2 Å². The molecule has 41 heavy (non-hydrogen) atoms. The van der Waals surface area contributed by atoms with E-state index in [0.29, 0.717) is 25.2 Å². The van der Waals surface area contributed by atoms with E-state index in [0.717, 1.165) is 38.5 Å². The fourth-order valence-electron chi connectivity index (χ4n) is 6.21. The van der Waals surface area contributed by atoms with Gasteiger partial charge in [0.25, 0.3) is 0 Å². The lowest BCUT2D eigenvalue weighted by molar-refractivity contribution is -0.142. The third-order valence-corrected chi connectivity index (χ3v) is 8.54. The van der Waals surface area contributed by atoms with Crippen LogP contribution in [0.15, 0.2) is 24.5 Å². The molecule has 2 aliphatic heterocycles. The van der Waals surface area contributed by atoms with Crippen LogP contribution in [0.3, 0.4) is 0 Å². The second kappa shape index (κ2) is 14.9. The lowest BCUT2D eigenvalue weighted by Crippen LogP contribution is -2.53. The molecule has 2 unspecified atom stereocenters. The van der Waals surface area contributed by atoms with Gasteiger partial charge in [0.2, 0.25) is 23.6 Å². The van der Waals surface area contributed by atoms with Crippen molar-refractivity contribution in [1.29, 1.82) is 0 Å². The highest BCUT2D eigenvalue weighted by Gasteiger charge is 2.31. The molecule has 2 saturated carbocycles. The third kappa shape index (κ3) is 9.51. The van der Waals surface area contributed by atoms with Gasteiger partial charge < -0.3 is 31.1 Å². The highest BCUT2D eigenvalue weighted by Crippen LogP contribution is 2.37. The SMILES string of the molecule is O=C1COC2CCC(CC2)CC(C(=O)O)NC(=O)CNC(=O)C(CC2CCC(c3cccnc3)CC2)NC(=O)CN1. The Morgan fingerprint density at radius 2 is 1.61 bits per heavy atom. The van der Waals surface area contributed by atoms with Crippen molar-refractivity contribution in [1.82, 2.24) is 26.3 Å². The summed E-state index contributed by atoms with van der Waals surface area (Å²) in [4.78, 5) is 66.8. The minimum atomic E-state index is -1.13. The molecule has 4 amide bonds. The van der Waals surface area contributed by atoms with E-state index < -0.39 is 48.2 Å². The van der Waals surface area contributed by atoms with Crippen molar-refractivity contribution >= 4 is 29.6 Å². The molecule has 224 valence electrons. The summed E-state index contributed by atoms with van der Waals surface area (Å²) in [6.07, 6.45) is 10.6. The van der Waals surface area contributed by atoms with Crippen molar-refractivity contribution in [3.05, 3.63) is 30.1 Å². The molecule has 12 nitrogen and oxygen atoms in total. The Morgan fingerprint density at radius 1 is 0.902 bits per heavy atom. The zero-order valence-corrected chi connectivity index (χ0v) is 23.3. The number of carbonyl (C=O) groups is 5. The normalized spacial score (nSPS) is 30.9. The second-order valence-electron chi connectivity index (χ2n) is 11.5. The number of aromatic nitrogens is 1. The average Bonchev–Trinajstić information content (AvgIpc) is 2.98. The van der Waals surface area contributed by atoms with Crippen LogP contribution in [0, 0.1) is 11.8 Å². The zero-order valence-electron chi connectivity index (χ0n) is 23.3. The third-order valence-electron chi connectivity index (χ3n) is 8.54. The van der Waals surface area contributed by atoms with Crippen molar-refractivity contribution in [3.8, 4) is 0 Å². The summed E-state index contributed by atoms with van der Waals surface area (Å²) in [5, 5.41) is 20.0. The standard InChI is InChI=1S/C29H41N5O7/c35-25-15-31-27(37)17-41-22-9-5-19(6-10-22)13-24(29(39)40)34-26(36)16-32-28(38)23(33-25)12-18-3-7-20(8-4-18)21-2-1-11-30-14-21/h1-2,11,14,18-20,22-24H,3-10,12-13,15-17H2,(H,31,37)(H,32,38)(H,33,35)(H,34,36)(H,39,40). The summed E-state index contributed by atoms with van der Waals surface area (Å²) in [7, 11) is 0. The minimum absolute atomic E-state index is 0.0983. The molecule has 12 heteroatoms. The van der Waals surface area contributed by atoms with Crippen LogP contribution in [0.1, 0.15) is 75.7 Å². The van der Waals surface area contributed by atoms with Crippen molar-refractivity contribution in [2.45, 2.75) is 88.3 Å². The molecule has 2 saturated heterocycles. The van der Waals surface area contributed by atoms with E-state index in [1.165, 1.54) is 5.56 Å². The first kappa shape index (κ1) is 30.4. The molecular weight excluding hydrogens is 530 g/mol. The molecule has 0 spiro atoms. The lowest BCUT2D eigenvalue weighted by atomic mass is 9.77. The van der Waals surface area contributed by atoms with E-state index >= 15 is 0 Å². The second-order valence-corrected chi connectivity index (χ2v) is 11.5. The van der Waals surface area contributed by atoms with Crippen LogP contribution in [0.4, 0.5) is 0 Å². The molecule has 1 aromatic rings. The number of carbonyl (C=O) groups excluding carboxylic acids is 4. The Bertz CT molecular complexity index is 1070. The molecule has 4 fully saturated rings. The fourth-order valence-corrected chi connectivity index (χ4v) is 6.21. The molecule has 2 bridgehead atoms. The summed E-state index contributed by atoms with van der Waals surface area (Å²) in [5.74, 6) is -2.51. The maximum atomic E-state index is 13.1. The monoisotopic (exact) mass is 571 g/mol. The largest absolute Gasteiger partial charge is 0.480 e. The van der Waals surface area contributed by atoms with E-state index in [9.17, 15) is 29.1 Å². The van der Waals surface area contributed by atoms with Gasteiger partial charge >= 0.3 is 5.97 Å². The number of hydrogen-bond donors (Lipinski definition) is 5. The van der Waals surface area contributed by atoms with Crippen molar-refractivity contribution in [2.75, 3.05) is 19.7 Å². The molecule has 5 rings (SSSR count). The molecule has 2 atom stereocenters. The van der Waals surface area contributed by atoms with Crippen molar-refractivity contribution in [2.24, 2.45) is 11.8 Å². The van der Waals surface area contributed by atoms with Gasteiger partial charge in [-0.05, 0) is 93.6 Å². The van der Waals surface area contributed by atoms with Gasteiger partial charge in [0.05, 0.1) is 19.2 Å². The van der Waals surface area contributed by atoms with E-state index in [1.54, 1.807) is 6.20 Å². The van der Waals surface area contributed by atoms with Crippen LogP contribution >= 0.6 is 0 Å². The smallest absolute Gasteiger partial charge is 0.326 e. The maximum Gasteiger partial charge on any atom is 0.326 e. The molecule has 5 N–H and O–H groups in total. The van der Waals surface area contributed by atoms with Crippen LogP contribution in [-0.2, 0) is 28.7 Å². The summed E-state index contributed by atoms with van der Waals surface area (Å²) >= 11 is 0. The Kier molecular flexibility index (Phi) is 11.1. The highest BCUT2D eigenvalue weighted by atomic mass is 16.5. The number of nitrogens with one attached hydrogen (secondary N) is 4. The maximum absolute atomic E-state index is 13.1. The molecule has 0 aromatic carbocycles. The number of fused-ring (bicyclic) bond motifs is 16. The first-order chi connectivity index (χ1) is 19.8. The summed E-state index contributed by atoms with van der Waals surface area (Å²) in [5.41, 5.74) is 1.20. The zero-order chi connectivity index (χ0) is 29.2. The number of aliphatic carboxylic acids is 1. The minimum Gasteiger partial charge on any atom is -0.480 e. The van der Waals surface area contributed by atoms with Crippen LogP contribution in [-0.4, -0.2) is 77.6 Å². The number of pyridine rings is 1. The first-order valence-electron chi connectivity index (χ1n) is 14.6. The van der Waals surface area contributed by atoms with Crippen LogP contribution in [0.2, 0.25) is 0 Å². The number of carboxylic acid groups (broad SMARTS) is 1. The molecule has 0 radical (unpaired) electrons. The van der Waals surface area contributed by atoms with Gasteiger partial charge in [0.15, 0.2) is 0 Å². The Hall–Kier alpha value is -3.54. The Labute approximate surface area is 239 Å². The average molecular weight is 572 g/mol. The van der Waals surface area contributed by atoms with E-state index in [4.69, 9.17) is 4.74 Å². The van der Waals surface area contributed by atoms with Crippen LogP contribution in [0.5, 0.6) is 0 Å². The number of carboxylic acids is 1. The summed E-state index contributed by atoms with van der Waals surface area (Å²) in [6, 6.07) is 2.02. The Balaban J connectivity index is 1.39. The first-order valence-corrected chi connectivity index (χ1v) is 14.6. The number of rotatable bonds is 4. The molecule has 3 heterocycles.